The fraction of sp³-hybridized carbons (Fsp3) is 0.673. The van der Waals surface area contributed by atoms with Crippen molar-refractivity contribution in [1.82, 2.24) is 0 Å². The van der Waals surface area contributed by atoms with E-state index in [4.69, 9.17) is 14.2 Å². The highest BCUT2D eigenvalue weighted by atomic mass is 16.6. The molecule has 1 N–H and O–H groups in total. The smallest absolute Gasteiger partial charge is 0.362 e. The quantitative estimate of drug-likeness (QED) is 0.0215. The van der Waals surface area contributed by atoms with Crippen molar-refractivity contribution >= 4 is 17.9 Å². The van der Waals surface area contributed by atoms with E-state index in [2.05, 4.69) is 50.3 Å². The van der Waals surface area contributed by atoms with E-state index in [1.54, 1.807) is 0 Å². The molecule has 0 aromatic carbocycles. The third kappa shape index (κ3) is 39.9. The Labute approximate surface area is 367 Å². The van der Waals surface area contributed by atoms with Crippen LogP contribution >= 0.6 is 0 Å². The SMILES string of the molecule is CC/C=C/C=C/C=C/C=C/C=C/CCCCCC(=O)OCC(COCCC(C(=O)O)[N+](C)(C)C)OC(=O)CCCCCCCCCCCCCCCC/C=C/C/C=C/CC. The number of likely N-dealkylation sites (N-methyl/N-ethyl adjacent to an activating group) is 1. The van der Waals surface area contributed by atoms with Crippen molar-refractivity contribution in [2.75, 3.05) is 41.0 Å². The summed E-state index contributed by atoms with van der Waals surface area (Å²) in [4.78, 5) is 37.1. The first-order valence-corrected chi connectivity index (χ1v) is 23.7. The van der Waals surface area contributed by atoms with Crippen molar-refractivity contribution < 1.29 is 38.2 Å². The number of hydrogen-bond donors (Lipinski definition) is 1. The van der Waals surface area contributed by atoms with E-state index in [0.717, 1.165) is 64.2 Å². The summed E-state index contributed by atoms with van der Waals surface area (Å²) in [6.07, 6.45) is 54.9. The zero-order valence-corrected chi connectivity index (χ0v) is 38.9. The summed E-state index contributed by atoms with van der Waals surface area (Å²) in [5, 5.41) is 9.63. The van der Waals surface area contributed by atoms with Gasteiger partial charge in [0, 0.05) is 19.3 Å². The van der Waals surface area contributed by atoms with Gasteiger partial charge in [-0.3, -0.25) is 9.59 Å². The van der Waals surface area contributed by atoms with E-state index in [-0.39, 0.29) is 36.2 Å². The van der Waals surface area contributed by atoms with Gasteiger partial charge in [0.15, 0.2) is 12.1 Å². The second-order valence-corrected chi connectivity index (χ2v) is 16.7. The van der Waals surface area contributed by atoms with Crippen molar-refractivity contribution in [2.45, 2.75) is 187 Å². The molecule has 0 bridgehead atoms. The van der Waals surface area contributed by atoms with Gasteiger partial charge in [0.25, 0.3) is 0 Å². The predicted octanol–water partition coefficient (Wildman–Crippen LogP) is 13.3. The van der Waals surface area contributed by atoms with Crippen LogP contribution in [0.4, 0.5) is 0 Å². The summed E-state index contributed by atoms with van der Waals surface area (Å²) in [6.45, 7) is 4.44. The lowest BCUT2D eigenvalue weighted by Gasteiger charge is -2.31. The number of unbranched alkanes of at least 4 members (excludes halogenated alkanes) is 17. The van der Waals surface area contributed by atoms with Gasteiger partial charge in [0.2, 0.25) is 0 Å². The highest BCUT2D eigenvalue weighted by molar-refractivity contribution is 5.72. The van der Waals surface area contributed by atoms with E-state index in [9.17, 15) is 19.5 Å². The van der Waals surface area contributed by atoms with Crippen LogP contribution in [0.1, 0.15) is 174 Å². The van der Waals surface area contributed by atoms with Gasteiger partial charge in [-0.15, -0.1) is 0 Å². The summed E-state index contributed by atoms with van der Waals surface area (Å²) < 4.78 is 17.3. The number of allylic oxidation sites excluding steroid dienone is 14. The van der Waals surface area contributed by atoms with Crippen LogP contribution in [0.5, 0.6) is 0 Å². The van der Waals surface area contributed by atoms with Crippen molar-refractivity contribution in [3.63, 3.8) is 0 Å². The standard InChI is InChI=1S/C52H87NO7/c1-6-8-10-12-14-16-18-20-22-23-24-25-26-27-29-31-33-35-37-39-41-43-51(55)60-48(46-58-45-44-49(52(56)57)53(3,4)5)47-59-50(54)42-40-38-36-34-32-30-28-21-19-17-15-13-11-9-7-2/h8-11,13-17,19,21,28,30,32,48-49H,6-7,12,18,20,22-27,29,31,33-47H2,1-5H3/p+1/b10-8+,11-9+,15-13+,16-14+,19-17+,28-21+,32-30+. The summed E-state index contributed by atoms with van der Waals surface area (Å²) >= 11 is 0. The Bertz CT molecular complexity index is 1250. The summed E-state index contributed by atoms with van der Waals surface area (Å²) in [5.41, 5.74) is 0. The minimum atomic E-state index is -0.884. The lowest BCUT2D eigenvalue weighted by molar-refractivity contribution is -0.887. The molecule has 0 radical (unpaired) electrons. The van der Waals surface area contributed by atoms with E-state index in [0.29, 0.717) is 19.3 Å². The normalized spacial score (nSPS) is 13.7. The predicted molar refractivity (Wildman–Crippen MR) is 252 cm³/mol. The maximum Gasteiger partial charge on any atom is 0.362 e. The number of esters is 2. The van der Waals surface area contributed by atoms with Gasteiger partial charge in [-0.05, 0) is 57.8 Å². The van der Waals surface area contributed by atoms with Crippen molar-refractivity contribution in [1.29, 1.82) is 0 Å². The minimum absolute atomic E-state index is 0.0432. The Morgan fingerprint density at radius 2 is 0.967 bits per heavy atom. The van der Waals surface area contributed by atoms with Crippen LogP contribution in [0, 0.1) is 0 Å². The van der Waals surface area contributed by atoms with Gasteiger partial charge in [-0.2, -0.15) is 0 Å². The summed E-state index contributed by atoms with van der Waals surface area (Å²) in [5.74, 6) is -1.53. The molecule has 0 spiro atoms. The molecule has 0 rings (SSSR count). The fourth-order valence-corrected chi connectivity index (χ4v) is 6.56. The highest BCUT2D eigenvalue weighted by Crippen LogP contribution is 2.15. The molecule has 0 aromatic heterocycles. The van der Waals surface area contributed by atoms with E-state index in [1.165, 1.54) is 77.0 Å². The molecule has 0 amide bonds. The van der Waals surface area contributed by atoms with Crippen LogP contribution in [-0.2, 0) is 28.6 Å². The topological polar surface area (TPSA) is 99.1 Å². The van der Waals surface area contributed by atoms with Crippen molar-refractivity contribution in [2.24, 2.45) is 0 Å². The van der Waals surface area contributed by atoms with Gasteiger partial charge < -0.3 is 23.8 Å². The minimum Gasteiger partial charge on any atom is -0.477 e. The highest BCUT2D eigenvalue weighted by Gasteiger charge is 2.31. The average Bonchev–Trinajstić information content (AvgIpc) is 3.21. The van der Waals surface area contributed by atoms with Gasteiger partial charge in [-0.1, -0.05) is 182 Å². The van der Waals surface area contributed by atoms with Crippen LogP contribution < -0.4 is 0 Å². The third-order valence-electron chi connectivity index (χ3n) is 10.2. The van der Waals surface area contributed by atoms with Crippen LogP contribution in [0.25, 0.3) is 0 Å². The molecular formula is C52H88NO7+. The molecule has 0 aromatic rings. The van der Waals surface area contributed by atoms with Gasteiger partial charge >= 0.3 is 17.9 Å². The Balaban J connectivity index is 4.33. The lowest BCUT2D eigenvalue weighted by atomic mass is 10.0. The van der Waals surface area contributed by atoms with E-state index in [1.807, 2.05) is 69.8 Å². The Morgan fingerprint density at radius 1 is 0.517 bits per heavy atom. The van der Waals surface area contributed by atoms with Crippen LogP contribution in [-0.4, -0.2) is 80.6 Å². The number of ether oxygens (including phenoxy) is 3. The van der Waals surface area contributed by atoms with Gasteiger partial charge in [-0.25, -0.2) is 4.79 Å². The average molecular weight is 839 g/mol. The van der Waals surface area contributed by atoms with E-state index >= 15 is 0 Å². The molecule has 8 nitrogen and oxygen atoms in total. The number of nitrogens with zero attached hydrogens (tertiary/aromatic N) is 1. The Hall–Kier alpha value is -3.49. The zero-order valence-electron chi connectivity index (χ0n) is 38.9. The molecule has 0 saturated heterocycles. The van der Waals surface area contributed by atoms with Gasteiger partial charge in [0.1, 0.15) is 6.61 Å². The first-order valence-electron chi connectivity index (χ1n) is 23.7. The van der Waals surface area contributed by atoms with Crippen molar-refractivity contribution in [3.05, 3.63) is 85.1 Å². The first-order chi connectivity index (χ1) is 29.1. The molecule has 0 aliphatic rings. The molecule has 2 atom stereocenters. The lowest BCUT2D eigenvalue weighted by Crippen LogP contribution is -2.50. The van der Waals surface area contributed by atoms with Crippen LogP contribution in [0.15, 0.2) is 85.1 Å². The molecule has 0 heterocycles. The van der Waals surface area contributed by atoms with E-state index < -0.39 is 18.1 Å². The number of carboxylic acids is 1. The van der Waals surface area contributed by atoms with Crippen molar-refractivity contribution in [3.8, 4) is 0 Å². The second kappa shape index (κ2) is 42.2. The molecule has 60 heavy (non-hydrogen) atoms. The monoisotopic (exact) mass is 839 g/mol. The number of aliphatic carboxylic acids is 1. The molecule has 8 heteroatoms. The Kier molecular flexibility index (Phi) is 39.8. The van der Waals surface area contributed by atoms with Gasteiger partial charge in [0.05, 0.1) is 34.4 Å². The first kappa shape index (κ1) is 56.5. The molecule has 0 fully saturated rings. The summed E-state index contributed by atoms with van der Waals surface area (Å²) in [6, 6.07) is -0.625. The maximum absolute atomic E-state index is 12.8. The number of carbonyl (C=O) groups is 3. The molecule has 0 aliphatic carbocycles. The second-order valence-electron chi connectivity index (χ2n) is 16.7. The molecule has 342 valence electrons. The Morgan fingerprint density at radius 3 is 1.50 bits per heavy atom. The van der Waals surface area contributed by atoms with Crippen LogP contribution in [0.2, 0.25) is 0 Å². The summed E-state index contributed by atoms with van der Waals surface area (Å²) in [7, 11) is 5.51. The number of carbonyl (C=O) groups excluding carboxylic acids is 2. The number of quaternary nitrogens is 1. The molecule has 0 aliphatic heterocycles. The molecular weight excluding hydrogens is 751 g/mol. The maximum atomic E-state index is 12.8. The zero-order chi connectivity index (χ0) is 44.2. The largest absolute Gasteiger partial charge is 0.477 e. The number of carboxylic acid groups (broad SMARTS) is 1. The third-order valence-corrected chi connectivity index (χ3v) is 10.2. The van der Waals surface area contributed by atoms with Crippen LogP contribution in [0.3, 0.4) is 0 Å². The fourth-order valence-electron chi connectivity index (χ4n) is 6.56. The number of rotatable bonds is 41. The number of hydrogen-bond acceptors (Lipinski definition) is 6. The molecule has 0 saturated carbocycles. The molecule has 2 unspecified atom stereocenters.